The summed E-state index contributed by atoms with van der Waals surface area (Å²) in [5.74, 6) is -0.219. The van der Waals surface area contributed by atoms with Crippen LogP contribution in [0.1, 0.15) is 50.9 Å². The number of carbonyl (C=O) groups excluding carboxylic acids is 3. The van der Waals surface area contributed by atoms with Gasteiger partial charge >= 0.3 is 0 Å². The van der Waals surface area contributed by atoms with E-state index in [0.29, 0.717) is 33.3 Å². The number of hydrogen-bond donors (Lipinski definition) is 3. The normalized spacial score (nSPS) is 13.3. The smallest absolute Gasteiger partial charge is 0.265 e. The molecule has 0 fully saturated rings. The van der Waals surface area contributed by atoms with E-state index in [2.05, 4.69) is 10.6 Å². The summed E-state index contributed by atoms with van der Waals surface area (Å²) in [4.78, 5) is 38.5. The molecule has 35 heavy (non-hydrogen) atoms. The summed E-state index contributed by atoms with van der Waals surface area (Å²) >= 11 is 1.42. The average molecular weight is 494 g/mol. The summed E-state index contributed by atoms with van der Waals surface area (Å²) in [5, 5.41) is 6.12. The van der Waals surface area contributed by atoms with Crippen molar-refractivity contribution < 1.29 is 23.9 Å². The molecule has 0 radical (unpaired) electrons. The molecule has 1 aliphatic carbocycles. The van der Waals surface area contributed by atoms with Gasteiger partial charge in [0.1, 0.15) is 16.5 Å². The number of primary amides is 1. The molecule has 2 aromatic carbocycles. The van der Waals surface area contributed by atoms with Gasteiger partial charge in [0.05, 0.1) is 18.4 Å². The maximum absolute atomic E-state index is 12.8. The second-order valence-electron chi connectivity index (χ2n) is 8.21. The largest absolute Gasteiger partial charge is 0.495 e. The van der Waals surface area contributed by atoms with Crippen LogP contribution in [0.4, 0.5) is 10.7 Å². The van der Waals surface area contributed by atoms with Crippen LogP contribution in [-0.2, 0) is 17.6 Å². The number of aryl methyl sites for hydroxylation is 1. The fourth-order valence-corrected chi connectivity index (χ4v) is 5.30. The summed E-state index contributed by atoms with van der Waals surface area (Å²) in [5.41, 5.74) is 7.95. The Morgan fingerprint density at radius 1 is 1.00 bits per heavy atom. The van der Waals surface area contributed by atoms with Crippen molar-refractivity contribution in [2.75, 3.05) is 17.7 Å². The first-order valence-electron chi connectivity index (χ1n) is 11.3. The molecule has 3 aromatic rings. The number of fused-ring (bicyclic) bond motifs is 1. The molecule has 1 aromatic heterocycles. The highest BCUT2D eigenvalue weighted by Crippen LogP contribution is 2.38. The molecule has 4 rings (SSSR count). The van der Waals surface area contributed by atoms with Gasteiger partial charge in [-0.25, -0.2) is 0 Å². The summed E-state index contributed by atoms with van der Waals surface area (Å²) in [6, 6.07) is 13.6. The first-order chi connectivity index (χ1) is 16.9. The molecule has 0 saturated heterocycles. The summed E-state index contributed by atoms with van der Waals surface area (Å²) in [7, 11) is 1.53. The second-order valence-corrected chi connectivity index (χ2v) is 9.31. The zero-order valence-electron chi connectivity index (χ0n) is 19.6. The van der Waals surface area contributed by atoms with E-state index < -0.39 is 12.0 Å². The van der Waals surface area contributed by atoms with Gasteiger partial charge in [-0.15, -0.1) is 11.3 Å². The minimum Gasteiger partial charge on any atom is -0.495 e. The van der Waals surface area contributed by atoms with Gasteiger partial charge in [-0.3, -0.25) is 14.4 Å². The van der Waals surface area contributed by atoms with Crippen molar-refractivity contribution in [1.29, 1.82) is 0 Å². The lowest BCUT2D eigenvalue weighted by Gasteiger charge is -2.16. The molecule has 0 bridgehead atoms. The average Bonchev–Trinajstić information content (AvgIpc) is 3.22. The van der Waals surface area contributed by atoms with Crippen LogP contribution in [0.15, 0.2) is 48.5 Å². The maximum Gasteiger partial charge on any atom is 0.265 e. The van der Waals surface area contributed by atoms with Crippen molar-refractivity contribution in [3.63, 3.8) is 0 Å². The van der Waals surface area contributed by atoms with E-state index in [4.69, 9.17) is 15.2 Å². The number of carbonyl (C=O) groups is 3. The highest BCUT2D eigenvalue weighted by Gasteiger charge is 2.25. The lowest BCUT2D eigenvalue weighted by Crippen LogP contribution is -2.30. The number of benzene rings is 2. The number of thiophene rings is 1. The summed E-state index contributed by atoms with van der Waals surface area (Å²) in [6.07, 6.45) is 2.99. The molecule has 0 saturated carbocycles. The fourth-order valence-electron chi connectivity index (χ4n) is 4.01. The highest BCUT2D eigenvalue weighted by molar-refractivity contribution is 7.17. The van der Waals surface area contributed by atoms with Crippen LogP contribution in [0.3, 0.4) is 0 Å². The van der Waals surface area contributed by atoms with Crippen LogP contribution in [0.2, 0.25) is 0 Å². The van der Waals surface area contributed by atoms with E-state index in [1.165, 1.54) is 18.4 Å². The number of para-hydroxylation sites is 2. The number of amides is 3. The number of rotatable bonds is 8. The van der Waals surface area contributed by atoms with Gasteiger partial charge in [-0.2, -0.15) is 0 Å². The molecule has 1 heterocycles. The Kier molecular flexibility index (Phi) is 7.36. The van der Waals surface area contributed by atoms with Crippen molar-refractivity contribution in [2.45, 2.75) is 38.7 Å². The zero-order chi connectivity index (χ0) is 24.9. The van der Waals surface area contributed by atoms with Crippen molar-refractivity contribution in [3.05, 3.63) is 70.1 Å². The van der Waals surface area contributed by atoms with Gasteiger partial charge in [-0.1, -0.05) is 12.1 Å². The van der Waals surface area contributed by atoms with E-state index in [0.717, 1.165) is 36.1 Å². The van der Waals surface area contributed by atoms with Gasteiger partial charge in [0.15, 0.2) is 6.10 Å². The minimum absolute atomic E-state index is 0.336. The van der Waals surface area contributed by atoms with Gasteiger partial charge < -0.3 is 25.8 Å². The van der Waals surface area contributed by atoms with Gasteiger partial charge in [0, 0.05) is 10.4 Å². The lowest BCUT2D eigenvalue weighted by atomic mass is 9.95. The Hall–Kier alpha value is -3.85. The molecule has 0 aliphatic heterocycles. The van der Waals surface area contributed by atoms with Crippen molar-refractivity contribution in [1.82, 2.24) is 0 Å². The van der Waals surface area contributed by atoms with E-state index in [-0.39, 0.29) is 11.8 Å². The van der Waals surface area contributed by atoms with E-state index in [9.17, 15) is 14.4 Å². The molecule has 1 unspecified atom stereocenters. The number of anilines is 2. The summed E-state index contributed by atoms with van der Waals surface area (Å²) < 4.78 is 11.0. The standard InChI is InChI=1S/C26H27N3O5S/c1-15(24(31)28-19-8-4-5-9-20(19)33-2)34-17-13-11-16(12-14-17)25(32)29-26-22(23(27)30)18-7-3-6-10-21(18)35-26/h4-5,8-9,11-15H,3,6-7,10H2,1-2H3,(H2,27,30)(H,28,31)(H,29,32). The molecule has 1 aliphatic rings. The lowest BCUT2D eigenvalue weighted by molar-refractivity contribution is -0.122. The molecule has 4 N–H and O–H groups in total. The van der Waals surface area contributed by atoms with Crippen molar-refractivity contribution >= 4 is 39.7 Å². The molecular formula is C26H27N3O5S. The van der Waals surface area contributed by atoms with Crippen LogP contribution < -0.4 is 25.8 Å². The molecule has 1 atom stereocenters. The molecule has 0 spiro atoms. The Labute approximate surface area is 207 Å². The minimum atomic E-state index is -0.782. The number of methoxy groups -OCH3 is 1. The predicted octanol–water partition coefficient (Wildman–Crippen LogP) is 4.39. The summed E-state index contributed by atoms with van der Waals surface area (Å²) in [6.45, 7) is 1.63. The third-order valence-corrected chi connectivity index (χ3v) is 7.02. The first kappa shape index (κ1) is 24.3. The molecule has 182 valence electrons. The number of nitrogens with one attached hydrogen (secondary N) is 2. The van der Waals surface area contributed by atoms with Crippen molar-refractivity contribution in [3.8, 4) is 11.5 Å². The molecular weight excluding hydrogens is 466 g/mol. The number of hydrogen-bond acceptors (Lipinski definition) is 6. The SMILES string of the molecule is COc1ccccc1NC(=O)C(C)Oc1ccc(C(=O)Nc2sc3c(c2C(N)=O)CCCC3)cc1. The van der Waals surface area contributed by atoms with E-state index >= 15 is 0 Å². The maximum atomic E-state index is 12.8. The van der Waals surface area contributed by atoms with Gasteiger partial charge in [0.2, 0.25) is 0 Å². The second kappa shape index (κ2) is 10.6. The molecule has 8 nitrogen and oxygen atoms in total. The third kappa shape index (κ3) is 5.46. The monoisotopic (exact) mass is 493 g/mol. The van der Waals surface area contributed by atoms with Crippen molar-refractivity contribution in [2.24, 2.45) is 5.73 Å². The fraction of sp³-hybridized carbons (Fsp3) is 0.269. The number of ether oxygens (including phenoxy) is 2. The Bertz CT molecular complexity index is 1250. The van der Waals surface area contributed by atoms with Crippen LogP contribution in [0.25, 0.3) is 0 Å². The molecule has 3 amide bonds. The quantitative estimate of drug-likeness (QED) is 0.430. The van der Waals surface area contributed by atoms with Gasteiger partial charge in [0.25, 0.3) is 17.7 Å². The highest BCUT2D eigenvalue weighted by atomic mass is 32.1. The number of nitrogens with two attached hydrogens (primary N) is 1. The van der Waals surface area contributed by atoms with Crippen LogP contribution >= 0.6 is 11.3 Å². The predicted molar refractivity (Wildman–Crippen MR) is 136 cm³/mol. The Balaban J connectivity index is 1.40. The Morgan fingerprint density at radius 3 is 2.43 bits per heavy atom. The molecule has 9 heteroatoms. The van der Waals surface area contributed by atoms with Crippen LogP contribution in [-0.4, -0.2) is 30.9 Å². The zero-order valence-corrected chi connectivity index (χ0v) is 20.4. The van der Waals surface area contributed by atoms with Crippen LogP contribution in [0, 0.1) is 0 Å². The van der Waals surface area contributed by atoms with E-state index in [1.54, 1.807) is 49.4 Å². The van der Waals surface area contributed by atoms with Gasteiger partial charge in [-0.05, 0) is 74.6 Å². The topological polar surface area (TPSA) is 120 Å². The van der Waals surface area contributed by atoms with E-state index in [1.807, 2.05) is 6.07 Å². The first-order valence-corrected chi connectivity index (χ1v) is 12.1. The third-order valence-electron chi connectivity index (χ3n) is 5.81. The van der Waals surface area contributed by atoms with Crippen LogP contribution in [0.5, 0.6) is 11.5 Å². The Morgan fingerprint density at radius 2 is 1.71 bits per heavy atom.